The van der Waals surface area contributed by atoms with Gasteiger partial charge in [-0.1, -0.05) is 0 Å². The molecule has 1 N–H and O–H groups in total. The van der Waals surface area contributed by atoms with Crippen LogP contribution >= 0.6 is 12.2 Å². The van der Waals surface area contributed by atoms with E-state index in [-0.39, 0.29) is 6.61 Å². The number of carbonyl (C=O) groups excluding carboxylic acids is 1. The molecule has 0 fully saturated rings. The first-order valence-corrected chi connectivity index (χ1v) is 11.0. The molecule has 1 atom stereocenters. The minimum absolute atomic E-state index is 0.247. The van der Waals surface area contributed by atoms with Gasteiger partial charge in [-0.05, 0) is 50.3 Å². The molecular weight excluding hydrogens is 444 g/mol. The second-order valence-electron chi connectivity index (χ2n) is 7.37. The molecule has 2 aromatic rings. The van der Waals surface area contributed by atoms with Crippen LogP contribution < -0.4 is 29.2 Å². The third-order valence-corrected chi connectivity index (χ3v) is 5.82. The summed E-state index contributed by atoms with van der Waals surface area (Å²) in [5.74, 6) is 2.08. The Hall–Kier alpha value is -3.46. The molecule has 0 unspecified atom stereocenters. The summed E-state index contributed by atoms with van der Waals surface area (Å²) in [6.45, 7) is 4.85. The lowest BCUT2D eigenvalue weighted by Crippen LogP contribution is -2.48. The number of hydrogen-bond donors (Lipinski definition) is 1. The van der Waals surface area contributed by atoms with Crippen LogP contribution in [-0.4, -0.2) is 45.1 Å². The average molecular weight is 471 g/mol. The van der Waals surface area contributed by atoms with Crippen LogP contribution in [0.2, 0.25) is 0 Å². The molecule has 0 bridgehead atoms. The minimum Gasteiger partial charge on any atom is -0.497 e. The topological polar surface area (TPSA) is 78.5 Å². The summed E-state index contributed by atoms with van der Waals surface area (Å²) < 4.78 is 27.7. The van der Waals surface area contributed by atoms with Gasteiger partial charge >= 0.3 is 5.97 Å². The van der Waals surface area contributed by atoms with E-state index in [1.54, 1.807) is 32.1 Å². The standard InChI is InChI=1S/C24H26N2O6S/c1-5-30-23(27)21-14(2)26(15-6-9-18-20(12-15)32-11-10-31-18)24(33)25-22(21)17-8-7-16(28-3)13-19(17)29-4/h6-9,12-13,22H,5,10-11H2,1-4H3,(H,25,33)/t22-/m1/s1. The van der Waals surface area contributed by atoms with E-state index in [4.69, 9.17) is 35.9 Å². The highest BCUT2D eigenvalue weighted by atomic mass is 32.1. The van der Waals surface area contributed by atoms with Crippen molar-refractivity contribution >= 4 is 29.0 Å². The van der Waals surface area contributed by atoms with Crippen LogP contribution in [0.3, 0.4) is 0 Å². The number of fused-ring (bicyclic) bond motifs is 1. The lowest BCUT2D eigenvalue weighted by Gasteiger charge is -2.38. The van der Waals surface area contributed by atoms with E-state index in [1.807, 2.05) is 37.3 Å². The van der Waals surface area contributed by atoms with Gasteiger partial charge in [0, 0.05) is 23.4 Å². The van der Waals surface area contributed by atoms with Crippen LogP contribution in [-0.2, 0) is 9.53 Å². The molecule has 0 aromatic heterocycles. The highest BCUT2D eigenvalue weighted by molar-refractivity contribution is 7.80. The van der Waals surface area contributed by atoms with E-state index >= 15 is 0 Å². The molecule has 0 saturated heterocycles. The Bertz CT molecular complexity index is 1120. The fourth-order valence-electron chi connectivity index (χ4n) is 3.99. The van der Waals surface area contributed by atoms with Crippen LogP contribution in [0.25, 0.3) is 0 Å². The number of nitrogens with zero attached hydrogens (tertiary/aromatic N) is 1. The molecule has 8 nitrogen and oxygen atoms in total. The number of hydrogen-bond acceptors (Lipinski definition) is 7. The van der Waals surface area contributed by atoms with Gasteiger partial charge in [0.05, 0.1) is 38.1 Å². The van der Waals surface area contributed by atoms with Gasteiger partial charge in [-0.3, -0.25) is 4.90 Å². The lowest BCUT2D eigenvalue weighted by molar-refractivity contribution is -0.139. The second kappa shape index (κ2) is 9.58. The van der Waals surface area contributed by atoms with Crippen molar-refractivity contribution < 1.29 is 28.5 Å². The number of anilines is 1. The highest BCUT2D eigenvalue weighted by Gasteiger charge is 2.37. The number of nitrogens with one attached hydrogen (secondary N) is 1. The molecule has 0 aliphatic carbocycles. The fraction of sp³-hybridized carbons (Fsp3) is 0.333. The number of carbonyl (C=O) groups is 1. The van der Waals surface area contributed by atoms with Crippen molar-refractivity contribution in [2.24, 2.45) is 0 Å². The Labute approximate surface area is 198 Å². The van der Waals surface area contributed by atoms with Crippen molar-refractivity contribution in [2.75, 3.05) is 38.9 Å². The molecule has 9 heteroatoms. The maximum atomic E-state index is 13.1. The quantitative estimate of drug-likeness (QED) is 0.502. The van der Waals surface area contributed by atoms with Crippen molar-refractivity contribution in [3.63, 3.8) is 0 Å². The molecule has 2 aliphatic heterocycles. The van der Waals surface area contributed by atoms with Crippen molar-refractivity contribution in [1.82, 2.24) is 5.32 Å². The third-order valence-electron chi connectivity index (χ3n) is 5.52. The van der Waals surface area contributed by atoms with E-state index in [9.17, 15) is 4.79 Å². The van der Waals surface area contributed by atoms with E-state index in [0.29, 0.717) is 52.6 Å². The molecule has 0 spiro atoms. The van der Waals surface area contributed by atoms with Gasteiger partial charge in [-0.2, -0.15) is 0 Å². The number of thiocarbonyl (C=S) groups is 1. The van der Waals surface area contributed by atoms with Gasteiger partial charge in [-0.25, -0.2) is 4.79 Å². The summed E-state index contributed by atoms with van der Waals surface area (Å²) in [5.41, 5.74) is 2.57. The molecule has 0 radical (unpaired) electrons. The molecule has 2 aliphatic rings. The zero-order chi connectivity index (χ0) is 23.5. The minimum atomic E-state index is -0.564. The monoisotopic (exact) mass is 470 g/mol. The number of allylic oxidation sites excluding steroid dienone is 1. The van der Waals surface area contributed by atoms with E-state index in [1.165, 1.54) is 0 Å². The first kappa shape index (κ1) is 22.7. The van der Waals surface area contributed by atoms with Gasteiger partial charge in [0.15, 0.2) is 16.6 Å². The molecular formula is C24H26N2O6S. The summed E-state index contributed by atoms with van der Waals surface area (Å²) in [6.07, 6.45) is 0. The van der Waals surface area contributed by atoms with Crippen molar-refractivity contribution in [1.29, 1.82) is 0 Å². The van der Waals surface area contributed by atoms with Gasteiger partial charge in [0.2, 0.25) is 0 Å². The number of ether oxygens (including phenoxy) is 5. The summed E-state index contributed by atoms with van der Waals surface area (Å²) in [7, 11) is 3.16. The molecule has 4 rings (SSSR count). The number of esters is 1. The Morgan fingerprint density at radius 3 is 2.58 bits per heavy atom. The van der Waals surface area contributed by atoms with Crippen LogP contribution in [0, 0.1) is 0 Å². The number of methoxy groups -OCH3 is 2. The summed E-state index contributed by atoms with van der Waals surface area (Å²) in [6, 6.07) is 10.4. The summed E-state index contributed by atoms with van der Waals surface area (Å²) in [5, 5.41) is 3.73. The van der Waals surface area contributed by atoms with Crippen LogP contribution in [0.15, 0.2) is 47.7 Å². The first-order valence-electron chi connectivity index (χ1n) is 10.6. The fourth-order valence-corrected chi connectivity index (χ4v) is 4.35. The van der Waals surface area contributed by atoms with Crippen molar-refractivity contribution in [3.8, 4) is 23.0 Å². The second-order valence-corrected chi connectivity index (χ2v) is 7.76. The first-order chi connectivity index (χ1) is 16.0. The lowest BCUT2D eigenvalue weighted by atomic mass is 9.93. The predicted molar refractivity (Wildman–Crippen MR) is 127 cm³/mol. The smallest absolute Gasteiger partial charge is 0.338 e. The summed E-state index contributed by atoms with van der Waals surface area (Å²) >= 11 is 5.74. The van der Waals surface area contributed by atoms with Crippen molar-refractivity contribution in [3.05, 3.63) is 53.2 Å². The largest absolute Gasteiger partial charge is 0.497 e. The third kappa shape index (κ3) is 4.28. The Morgan fingerprint density at radius 2 is 1.88 bits per heavy atom. The van der Waals surface area contributed by atoms with Crippen LogP contribution in [0.1, 0.15) is 25.5 Å². The highest BCUT2D eigenvalue weighted by Crippen LogP contribution is 2.41. The maximum Gasteiger partial charge on any atom is 0.338 e. The van der Waals surface area contributed by atoms with Gasteiger partial charge in [0.1, 0.15) is 24.7 Å². The molecule has 2 aromatic carbocycles. The predicted octanol–water partition coefficient (Wildman–Crippen LogP) is 3.75. The Morgan fingerprint density at radius 1 is 1.12 bits per heavy atom. The van der Waals surface area contributed by atoms with E-state index < -0.39 is 12.0 Å². The van der Waals surface area contributed by atoms with Gasteiger partial charge in [-0.15, -0.1) is 0 Å². The van der Waals surface area contributed by atoms with Gasteiger partial charge in [0.25, 0.3) is 0 Å². The van der Waals surface area contributed by atoms with Crippen molar-refractivity contribution in [2.45, 2.75) is 19.9 Å². The number of benzene rings is 2. The summed E-state index contributed by atoms with van der Waals surface area (Å²) in [4.78, 5) is 14.9. The molecule has 174 valence electrons. The molecule has 33 heavy (non-hydrogen) atoms. The Balaban J connectivity index is 1.82. The zero-order valence-corrected chi connectivity index (χ0v) is 19.8. The van der Waals surface area contributed by atoms with E-state index in [2.05, 4.69) is 5.32 Å². The normalized spacial score (nSPS) is 17.4. The van der Waals surface area contributed by atoms with Gasteiger partial charge < -0.3 is 29.0 Å². The number of rotatable bonds is 6. The van der Waals surface area contributed by atoms with E-state index in [0.717, 1.165) is 11.3 Å². The van der Waals surface area contributed by atoms with Crippen LogP contribution in [0.4, 0.5) is 5.69 Å². The average Bonchev–Trinajstić information content (AvgIpc) is 2.83. The van der Waals surface area contributed by atoms with Crippen LogP contribution in [0.5, 0.6) is 23.0 Å². The molecule has 2 heterocycles. The SMILES string of the molecule is CCOC(=O)C1=C(C)N(c2ccc3c(c2)OCCO3)C(=S)N[C@@H]1c1ccc(OC)cc1OC. The Kier molecular flexibility index (Phi) is 6.60. The maximum absolute atomic E-state index is 13.1. The molecule has 0 saturated carbocycles. The molecule has 0 amide bonds. The zero-order valence-electron chi connectivity index (χ0n) is 19.0.